The maximum absolute atomic E-state index is 12.0. The van der Waals surface area contributed by atoms with E-state index < -0.39 is 24.2 Å². The molecule has 1 unspecified atom stereocenters. The Kier molecular flexibility index (Phi) is 3.95. The van der Waals surface area contributed by atoms with Gasteiger partial charge in [-0.25, -0.2) is 0 Å². The number of carboxylic acid groups (broad SMARTS) is 1. The van der Waals surface area contributed by atoms with Crippen LogP contribution in [0.2, 0.25) is 0 Å². The second kappa shape index (κ2) is 5.23. The van der Waals surface area contributed by atoms with Crippen molar-refractivity contribution in [3.8, 4) is 0 Å². The van der Waals surface area contributed by atoms with Crippen molar-refractivity contribution in [1.29, 1.82) is 0 Å². The van der Waals surface area contributed by atoms with Crippen molar-refractivity contribution in [2.75, 3.05) is 13.2 Å². The predicted molar refractivity (Wildman–Crippen MR) is 60.8 cm³/mol. The van der Waals surface area contributed by atoms with Crippen molar-refractivity contribution in [1.82, 2.24) is 5.32 Å². The molecule has 8 heteroatoms. The van der Waals surface area contributed by atoms with Crippen LogP contribution in [0.1, 0.15) is 25.7 Å². The largest absolute Gasteiger partial charge is 0.481 e. The lowest BCUT2D eigenvalue weighted by Crippen LogP contribution is -2.50. The highest BCUT2D eigenvalue weighted by Gasteiger charge is 2.49. The van der Waals surface area contributed by atoms with E-state index in [2.05, 4.69) is 0 Å². The Morgan fingerprint density at radius 3 is 2.45 bits per heavy atom. The summed E-state index contributed by atoms with van der Waals surface area (Å²) in [6, 6.07) is 0. The Labute approximate surface area is 113 Å². The molecule has 2 aliphatic rings. The summed E-state index contributed by atoms with van der Waals surface area (Å²) < 4.78 is 41.5. The lowest BCUT2D eigenvalue weighted by atomic mass is 9.59. The van der Waals surface area contributed by atoms with Gasteiger partial charge in [0.05, 0.1) is 18.6 Å². The Morgan fingerprint density at radius 1 is 1.35 bits per heavy atom. The first kappa shape index (κ1) is 15.1. The van der Waals surface area contributed by atoms with Crippen LogP contribution in [0, 0.1) is 11.3 Å². The van der Waals surface area contributed by atoms with Gasteiger partial charge in [-0.2, -0.15) is 13.2 Å². The molecule has 2 rings (SSSR count). The van der Waals surface area contributed by atoms with Gasteiger partial charge in [-0.3, -0.25) is 9.59 Å². The summed E-state index contributed by atoms with van der Waals surface area (Å²) in [5, 5.41) is 10.6. The number of alkyl halides is 3. The summed E-state index contributed by atoms with van der Waals surface area (Å²) in [4.78, 5) is 21.4. The van der Waals surface area contributed by atoms with Gasteiger partial charge >= 0.3 is 18.1 Å². The third-order valence-corrected chi connectivity index (χ3v) is 4.08. The normalized spacial score (nSPS) is 33.5. The van der Waals surface area contributed by atoms with Crippen molar-refractivity contribution in [2.45, 2.75) is 38.0 Å². The van der Waals surface area contributed by atoms with Gasteiger partial charge in [-0.15, -0.1) is 0 Å². The molecule has 1 aliphatic carbocycles. The zero-order valence-electron chi connectivity index (χ0n) is 10.7. The summed E-state index contributed by atoms with van der Waals surface area (Å²) >= 11 is 0. The zero-order chi connectivity index (χ0) is 15.0. The van der Waals surface area contributed by atoms with Gasteiger partial charge in [0.15, 0.2) is 0 Å². The van der Waals surface area contributed by atoms with Gasteiger partial charge in [0.2, 0.25) is 0 Å². The molecule has 20 heavy (non-hydrogen) atoms. The zero-order valence-corrected chi connectivity index (χ0v) is 10.7. The Bertz CT molecular complexity index is 394. The first-order chi connectivity index (χ1) is 9.22. The molecule has 1 saturated carbocycles. The van der Waals surface area contributed by atoms with Crippen LogP contribution in [-0.4, -0.2) is 42.4 Å². The van der Waals surface area contributed by atoms with E-state index in [1.54, 1.807) is 5.32 Å². The lowest BCUT2D eigenvalue weighted by Gasteiger charge is -2.49. The molecule has 1 atom stereocenters. The topological polar surface area (TPSA) is 75.6 Å². The number of nitrogens with one attached hydrogen (secondary N) is 1. The van der Waals surface area contributed by atoms with Crippen molar-refractivity contribution < 1.29 is 32.6 Å². The summed E-state index contributed by atoms with van der Waals surface area (Å²) in [5.41, 5.74) is -0.131. The van der Waals surface area contributed by atoms with E-state index in [1.165, 1.54) is 0 Å². The monoisotopic (exact) mass is 295 g/mol. The molecule has 114 valence electrons. The number of hydrogen-bond acceptors (Lipinski definition) is 3. The summed E-state index contributed by atoms with van der Waals surface area (Å²) in [5.74, 6) is -3.11. The molecular weight excluding hydrogens is 279 g/mol. The highest BCUT2D eigenvalue weighted by Crippen LogP contribution is 2.51. The number of carbonyl (C=O) groups excluding carboxylic acids is 1. The highest BCUT2D eigenvalue weighted by molar-refractivity contribution is 5.81. The molecule has 2 fully saturated rings. The minimum Gasteiger partial charge on any atom is -0.481 e. The average Bonchev–Trinajstić information content (AvgIpc) is 2.32. The quantitative estimate of drug-likeness (QED) is 0.823. The van der Waals surface area contributed by atoms with Crippen molar-refractivity contribution >= 4 is 11.9 Å². The molecule has 5 nitrogen and oxygen atoms in total. The fourth-order valence-corrected chi connectivity index (χ4v) is 2.87. The third-order valence-electron chi connectivity index (χ3n) is 4.08. The summed E-state index contributed by atoms with van der Waals surface area (Å²) in [6.07, 6.45) is -2.93. The molecule has 0 aromatic heterocycles. The molecule has 0 bridgehead atoms. The maximum Gasteiger partial charge on any atom is 0.471 e. The molecule has 0 radical (unpaired) electrons. The predicted octanol–water partition coefficient (Wildman–Crippen LogP) is 1.32. The minimum atomic E-state index is -4.88. The highest BCUT2D eigenvalue weighted by atomic mass is 19.4. The van der Waals surface area contributed by atoms with E-state index in [9.17, 15) is 22.8 Å². The smallest absolute Gasteiger partial charge is 0.471 e. The van der Waals surface area contributed by atoms with Crippen LogP contribution in [0.3, 0.4) is 0 Å². The van der Waals surface area contributed by atoms with Crippen LogP contribution in [-0.2, 0) is 14.3 Å². The number of hydrogen-bond donors (Lipinski definition) is 2. The van der Waals surface area contributed by atoms with E-state index in [-0.39, 0.29) is 17.9 Å². The number of amides is 1. The first-order valence-corrected chi connectivity index (χ1v) is 6.41. The van der Waals surface area contributed by atoms with E-state index in [0.717, 1.165) is 6.42 Å². The van der Waals surface area contributed by atoms with E-state index >= 15 is 0 Å². The van der Waals surface area contributed by atoms with Gasteiger partial charge < -0.3 is 15.2 Å². The number of ether oxygens (including phenoxy) is 1. The number of carboxylic acids is 1. The molecule has 2 N–H and O–H groups in total. The van der Waals surface area contributed by atoms with Gasteiger partial charge in [0.25, 0.3) is 0 Å². The van der Waals surface area contributed by atoms with Crippen LogP contribution in [0.4, 0.5) is 13.2 Å². The summed E-state index contributed by atoms with van der Waals surface area (Å²) in [7, 11) is 0. The molecule has 1 heterocycles. The van der Waals surface area contributed by atoms with Gasteiger partial charge in [-0.05, 0) is 31.1 Å². The Balaban J connectivity index is 1.71. The van der Waals surface area contributed by atoms with Crippen molar-refractivity contribution in [2.24, 2.45) is 11.3 Å². The van der Waals surface area contributed by atoms with Crippen LogP contribution >= 0.6 is 0 Å². The van der Waals surface area contributed by atoms with E-state index in [4.69, 9.17) is 9.84 Å². The number of carbonyl (C=O) groups is 2. The Morgan fingerprint density at radius 2 is 2.00 bits per heavy atom. The van der Waals surface area contributed by atoms with Gasteiger partial charge in [0.1, 0.15) is 0 Å². The maximum atomic E-state index is 12.0. The number of rotatable bonds is 3. The van der Waals surface area contributed by atoms with Crippen LogP contribution in [0.15, 0.2) is 0 Å². The first-order valence-electron chi connectivity index (χ1n) is 6.41. The van der Waals surface area contributed by atoms with Crippen LogP contribution < -0.4 is 5.32 Å². The Hall–Kier alpha value is -1.31. The molecular formula is C12H16F3NO4. The third kappa shape index (κ3) is 3.23. The second-order valence-electron chi connectivity index (χ2n) is 5.62. The average molecular weight is 295 g/mol. The van der Waals surface area contributed by atoms with E-state index in [1.807, 2.05) is 0 Å². The van der Waals surface area contributed by atoms with Crippen LogP contribution in [0.25, 0.3) is 0 Å². The van der Waals surface area contributed by atoms with Crippen molar-refractivity contribution in [3.63, 3.8) is 0 Å². The minimum absolute atomic E-state index is 0.131. The van der Waals surface area contributed by atoms with E-state index in [0.29, 0.717) is 25.9 Å². The molecule has 1 amide bonds. The standard InChI is InChI=1S/C12H16F3NO4/c13-12(14,15)10(19)16-5-8-1-2-11(6-20-8)3-7(4-11)9(17)18/h7-8H,1-6H2,(H,16,19)(H,17,18). The molecule has 1 saturated heterocycles. The number of aliphatic carboxylic acids is 1. The number of halogens is 3. The van der Waals surface area contributed by atoms with Gasteiger partial charge in [-0.1, -0.05) is 0 Å². The molecule has 0 aromatic carbocycles. The second-order valence-corrected chi connectivity index (χ2v) is 5.62. The fourth-order valence-electron chi connectivity index (χ4n) is 2.87. The molecule has 1 aliphatic heterocycles. The van der Waals surface area contributed by atoms with Crippen molar-refractivity contribution in [3.05, 3.63) is 0 Å². The SMILES string of the molecule is O=C(O)C1CC2(CCC(CNC(=O)C(F)(F)F)OC2)C1. The fraction of sp³-hybridized carbons (Fsp3) is 0.833. The molecule has 0 aromatic rings. The van der Waals surface area contributed by atoms with Crippen LogP contribution in [0.5, 0.6) is 0 Å². The van der Waals surface area contributed by atoms with Gasteiger partial charge in [0, 0.05) is 6.54 Å². The molecule has 1 spiro atoms. The summed E-state index contributed by atoms with van der Waals surface area (Å²) in [6.45, 7) is 0.181. The lowest BCUT2D eigenvalue weighted by molar-refractivity contribution is -0.175.